The number of urea groups is 1. The summed E-state index contributed by atoms with van der Waals surface area (Å²) >= 11 is 6.42. The van der Waals surface area contributed by atoms with Crippen LogP contribution in [-0.4, -0.2) is 31.0 Å². The summed E-state index contributed by atoms with van der Waals surface area (Å²) in [4.78, 5) is 12.0. The Morgan fingerprint density at radius 3 is 2.88 bits per heavy atom. The SMILES string of the molecule is CCn1c(CNC(=O)Nc2nnc(-c3ccccc3)s2)n[nH]c1=S. The molecule has 0 fully saturated rings. The lowest BCUT2D eigenvalue weighted by molar-refractivity contribution is 0.251. The van der Waals surface area contributed by atoms with Gasteiger partial charge in [0.2, 0.25) is 5.13 Å². The zero-order valence-electron chi connectivity index (χ0n) is 12.8. The quantitative estimate of drug-likeness (QED) is 0.607. The summed E-state index contributed by atoms with van der Waals surface area (Å²) in [6, 6.07) is 9.30. The highest BCUT2D eigenvalue weighted by molar-refractivity contribution is 7.71. The molecule has 124 valence electrons. The Bertz CT molecular complexity index is 884. The number of nitrogens with one attached hydrogen (secondary N) is 3. The maximum Gasteiger partial charge on any atom is 0.321 e. The molecule has 0 unspecified atom stereocenters. The Morgan fingerprint density at radius 2 is 2.12 bits per heavy atom. The van der Waals surface area contributed by atoms with E-state index < -0.39 is 0 Å². The van der Waals surface area contributed by atoms with Crippen LogP contribution >= 0.6 is 23.6 Å². The van der Waals surface area contributed by atoms with Crippen LogP contribution in [-0.2, 0) is 13.1 Å². The molecule has 3 aromatic rings. The highest BCUT2D eigenvalue weighted by Crippen LogP contribution is 2.25. The van der Waals surface area contributed by atoms with Gasteiger partial charge >= 0.3 is 6.03 Å². The minimum Gasteiger partial charge on any atom is -0.331 e. The van der Waals surface area contributed by atoms with Crippen LogP contribution in [0.4, 0.5) is 9.93 Å². The third kappa shape index (κ3) is 3.66. The average Bonchev–Trinajstić information content (AvgIpc) is 3.20. The van der Waals surface area contributed by atoms with Gasteiger partial charge in [-0.3, -0.25) is 10.4 Å². The molecule has 2 aromatic heterocycles. The number of aromatic amines is 1. The molecule has 3 rings (SSSR count). The Balaban J connectivity index is 1.59. The first-order chi connectivity index (χ1) is 11.7. The summed E-state index contributed by atoms with van der Waals surface area (Å²) in [6.45, 7) is 2.91. The highest BCUT2D eigenvalue weighted by Gasteiger charge is 2.10. The second kappa shape index (κ2) is 7.32. The zero-order chi connectivity index (χ0) is 16.9. The molecule has 0 radical (unpaired) electrons. The van der Waals surface area contributed by atoms with Gasteiger partial charge in [-0.15, -0.1) is 10.2 Å². The Hall–Kier alpha value is -2.59. The fourth-order valence-electron chi connectivity index (χ4n) is 2.08. The summed E-state index contributed by atoms with van der Waals surface area (Å²) in [7, 11) is 0. The fraction of sp³-hybridized carbons (Fsp3) is 0.214. The summed E-state index contributed by atoms with van der Waals surface area (Å²) in [5.41, 5.74) is 0.960. The van der Waals surface area contributed by atoms with E-state index in [0.29, 0.717) is 22.3 Å². The second-order valence-electron chi connectivity index (χ2n) is 4.78. The minimum absolute atomic E-state index is 0.261. The van der Waals surface area contributed by atoms with Crippen molar-refractivity contribution in [3.05, 3.63) is 40.9 Å². The summed E-state index contributed by atoms with van der Waals surface area (Å²) in [5, 5.41) is 21.4. The van der Waals surface area contributed by atoms with Gasteiger partial charge < -0.3 is 9.88 Å². The molecule has 0 saturated carbocycles. The molecule has 2 amide bonds. The van der Waals surface area contributed by atoms with E-state index in [0.717, 1.165) is 10.6 Å². The van der Waals surface area contributed by atoms with Gasteiger partial charge in [0.15, 0.2) is 10.6 Å². The van der Waals surface area contributed by atoms with E-state index in [1.807, 2.05) is 41.8 Å². The van der Waals surface area contributed by atoms with Crippen molar-refractivity contribution in [1.82, 2.24) is 30.3 Å². The van der Waals surface area contributed by atoms with Crippen molar-refractivity contribution in [3.8, 4) is 10.6 Å². The average molecular weight is 361 g/mol. The molecule has 24 heavy (non-hydrogen) atoms. The van der Waals surface area contributed by atoms with E-state index in [9.17, 15) is 4.79 Å². The molecule has 3 N–H and O–H groups in total. The van der Waals surface area contributed by atoms with Gasteiger partial charge in [0, 0.05) is 12.1 Å². The van der Waals surface area contributed by atoms with Crippen LogP contribution < -0.4 is 10.6 Å². The normalized spacial score (nSPS) is 10.5. The van der Waals surface area contributed by atoms with Crippen LogP contribution in [0.25, 0.3) is 10.6 Å². The maximum atomic E-state index is 12.0. The fourth-order valence-corrected chi connectivity index (χ4v) is 3.11. The molecule has 0 aliphatic rings. The van der Waals surface area contributed by atoms with Crippen molar-refractivity contribution in [2.75, 3.05) is 5.32 Å². The van der Waals surface area contributed by atoms with Gasteiger partial charge in [0.1, 0.15) is 5.01 Å². The predicted octanol–water partition coefficient (Wildman–Crippen LogP) is 2.80. The number of carbonyl (C=O) groups excluding carboxylic acids is 1. The number of benzene rings is 1. The molecule has 0 aliphatic heterocycles. The summed E-state index contributed by atoms with van der Waals surface area (Å²) < 4.78 is 2.35. The van der Waals surface area contributed by atoms with Crippen LogP contribution in [0.2, 0.25) is 0 Å². The lowest BCUT2D eigenvalue weighted by atomic mass is 10.2. The zero-order valence-corrected chi connectivity index (χ0v) is 14.4. The number of carbonyl (C=O) groups is 1. The molecule has 1 aromatic carbocycles. The number of hydrogen-bond acceptors (Lipinski definition) is 6. The standard InChI is InChI=1S/C14H15N7OS2/c1-2-21-10(17-20-14(21)23)8-15-12(22)16-13-19-18-11(24-13)9-6-4-3-5-7-9/h3-7H,2,8H2,1H3,(H,20,23)(H2,15,16,19,22). The van der Waals surface area contributed by atoms with Crippen molar-refractivity contribution in [2.45, 2.75) is 20.0 Å². The van der Waals surface area contributed by atoms with E-state index in [-0.39, 0.29) is 12.6 Å². The molecular formula is C14H15N7OS2. The molecule has 10 heteroatoms. The molecule has 0 saturated heterocycles. The number of amides is 2. The van der Waals surface area contributed by atoms with Gasteiger partial charge in [0.25, 0.3) is 0 Å². The smallest absolute Gasteiger partial charge is 0.321 e. The van der Waals surface area contributed by atoms with Gasteiger partial charge in [-0.1, -0.05) is 41.7 Å². The van der Waals surface area contributed by atoms with Gasteiger partial charge in [-0.2, -0.15) is 5.10 Å². The number of hydrogen-bond donors (Lipinski definition) is 3. The van der Waals surface area contributed by atoms with Crippen LogP contribution in [0.15, 0.2) is 30.3 Å². The largest absolute Gasteiger partial charge is 0.331 e. The van der Waals surface area contributed by atoms with Crippen molar-refractivity contribution in [2.24, 2.45) is 0 Å². The van der Waals surface area contributed by atoms with Crippen molar-refractivity contribution in [1.29, 1.82) is 0 Å². The van der Waals surface area contributed by atoms with Crippen molar-refractivity contribution < 1.29 is 4.79 Å². The van der Waals surface area contributed by atoms with Crippen LogP contribution in [0, 0.1) is 4.77 Å². The number of rotatable bonds is 5. The first-order valence-corrected chi connectivity index (χ1v) is 8.47. The second-order valence-corrected chi connectivity index (χ2v) is 6.14. The van der Waals surface area contributed by atoms with Crippen LogP contribution in [0.5, 0.6) is 0 Å². The molecule has 2 heterocycles. The van der Waals surface area contributed by atoms with E-state index in [1.165, 1.54) is 11.3 Å². The monoisotopic (exact) mass is 361 g/mol. The highest BCUT2D eigenvalue weighted by atomic mass is 32.1. The van der Waals surface area contributed by atoms with Crippen LogP contribution in [0.1, 0.15) is 12.7 Å². The maximum absolute atomic E-state index is 12.0. The number of nitrogens with zero attached hydrogens (tertiary/aromatic N) is 4. The van der Waals surface area contributed by atoms with E-state index >= 15 is 0 Å². The first kappa shape index (κ1) is 16.3. The van der Waals surface area contributed by atoms with E-state index in [2.05, 4.69) is 31.0 Å². The number of anilines is 1. The van der Waals surface area contributed by atoms with E-state index in [1.54, 1.807) is 0 Å². The Morgan fingerprint density at radius 1 is 1.33 bits per heavy atom. The Labute approximate surface area is 147 Å². The molecule has 8 nitrogen and oxygen atoms in total. The Kier molecular flexibility index (Phi) is 4.96. The number of aromatic nitrogens is 5. The van der Waals surface area contributed by atoms with Gasteiger partial charge in [-0.25, -0.2) is 4.79 Å². The molecule has 0 aliphatic carbocycles. The van der Waals surface area contributed by atoms with E-state index in [4.69, 9.17) is 12.2 Å². The molecule has 0 atom stereocenters. The van der Waals surface area contributed by atoms with Crippen molar-refractivity contribution >= 4 is 34.7 Å². The molecular weight excluding hydrogens is 346 g/mol. The van der Waals surface area contributed by atoms with Crippen LogP contribution in [0.3, 0.4) is 0 Å². The third-order valence-electron chi connectivity index (χ3n) is 3.23. The van der Waals surface area contributed by atoms with Gasteiger partial charge in [0.05, 0.1) is 6.54 Å². The minimum atomic E-state index is -0.373. The lowest BCUT2D eigenvalue weighted by Crippen LogP contribution is -2.29. The molecule has 0 spiro atoms. The number of H-pyrrole nitrogens is 1. The topological polar surface area (TPSA) is 101 Å². The predicted molar refractivity (Wildman–Crippen MR) is 94.3 cm³/mol. The third-order valence-corrected chi connectivity index (χ3v) is 4.43. The summed E-state index contributed by atoms with van der Waals surface area (Å²) in [5.74, 6) is 0.667. The lowest BCUT2D eigenvalue weighted by Gasteiger charge is -2.05. The van der Waals surface area contributed by atoms with Gasteiger partial charge in [-0.05, 0) is 19.1 Å². The first-order valence-electron chi connectivity index (χ1n) is 7.25. The summed E-state index contributed by atoms with van der Waals surface area (Å²) in [6.07, 6.45) is 0. The molecule has 0 bridgehead atoms. The van der Waals surface area contributed by atoms with Crippen molar-refractivity contribution in [3.63, 3.8) is 0 Å².